The molecular weight excluding hydrogens is 226 g/mol. The Labute approximate surface area is 114 Å². The second kappa shape index (κ2) is 25.1. The van der Waals surface area contributed by atoms with Gasteiger partial charge in [-0.25, -0.2) is 0 Å². The van der Waals surface area contributed by atoms with Crippen LogP contribution in [0.25, 0.3) is 0 Å². The number of aromatic nitrogens is 1. The van der Waals surface area contributed by atoms with Crippen molar-refractivity contribution >= 4 is 0 Å². The summed E-state index contributed by atoms with van der Waals surface area (Å²) < 4.78 is 8.95. The number of hydrogen-bond donors (Lipinski definition) is 0. The van der Waals surface area contributed by atoms with Crippen LogP contribution >= 0.6 is 0 Å². The van der Waals surface area contributed by atoms with Gasteiger partial charge in [-0.3, -0.25) is 0 Å². The topological polar surface area (TPSA) is 35.3 Å². The van der Waals surface area contributed by atoms with Gasteiger partial charge in [-0.05, 0) is 12.8 Å². The Bertz CT molecular complexity index is 184. The van der Waals surface area contributed by atoms with Gasteiger partial charge in [0.05, 0.1) is 5.69 Å². The second-order valence-electron chi connectivity index (χ2n) is 3.56. The second-order valence-corrected chi connectivity index (χ2v) is 3.56. The molecule has 1 aromatic rings. The van der Waals surface area contributed by atoms with Crippen molar-refractivity contribution in [3.8, 4) is 0 Å². The molecule has 1 aromatic heterocycles. The Morgan fingerprint density at radius 1 is 1.11 bits per heavy atom. The fraction of sp³-hybridized carbons (Fsp3) is 0.800. The van der Waals surface area contributed by atoms with E-state index in [1.54, 1.807) is 20.5 Å². The van der Waals surface area contributed by atoms with E-state index in [1.165, 1.54) is 25.7 Å². The molecule has 0 saturated carbocycles. The maximum atomic E-state index is 4.70. The van der Waals surface area contributed by atoms with E-state index in [9.17, 15) is 0 Å². The van der Waals surface area contributed by atoms with Crippen molar-refractivity contribution in [2.75, 3.05) is 14.2 Å². The lowest BCUT2D eigenvalue weighted by Crippen LogP contribution is -1.83. The summed E-state index contributed by atoms with van der Waals surface area (Å²) >= 11 is 0. The van der Waals surface area contributed by atoms with Gasteiger partial charge in [-0.2, -0.15) is 0 Å². The van der Waals surface area contributed by atoms with Gasteiger partial charge in [0.1, 0.15) is 6.26 Å². The summed E-state index contributed by atoms with van der Waals surface area (Å²) in [5.41, 5.74) is 1.08. The molecule has 0 N–H and O–H groups in total. The van der Waals surface area contributed by atoms with Crippen LogP contribution in [0.15, 0.2) is 16.9 Å². The highest BCUT2D eigenvalue weighted by atomic mass is 16.5. The molecule has 0 amide bonds. The minimum Gasteiger partial charge on any atom is -0.388 e. The molecule has 0 aromatic carbocycles. The predicted octanol–water partition coefficient (Wildman–Crippen LogP) is 5.11. The molecule has 0 atom stereocenters. The van der Waals surface area contributed by atoms with Crippen LogP contribution < -0.4 is 0 Å². The van der Waals surface area contributed by atoms with E-state index in [2.05, 4.69) is 30.7 Å². The molecule has 0 bridgehead atoms. The van der Waals surface area contributed by atoms with Gasteiger partial charge in [0, 0.05) is 20.3 Å². The van der Waals surface area contributed by atoms with Gasteiger partial charge >= 0.3 is 0 Å². The van der Waals surface area contributed by atoms with Crippen molar-refractivity contribution in [2.45, 2.75) is 66.7 Å². The van der Waals surface area contributed by atoms with Crippen LogP contribution in [0.1, 0.15) is 66.0 Å². The fourth-order valence-corrected chi connectivity index (χ4v) is 0.923. The van der Waals surface area contributed by atoms with Crippen LogP contribution in [0.4, 0.5) is 0 Å². The average Bonchev–Trinajstić information content (AvgIpc) is 2.87. The van der Waals surface area contributed by atoms with Gasteiger partial charge in [0.25, 0.3) is 0 Å². The Morgan fingerprint density at radius 2 is 1.61 bits per heavy atom. The molecule has 18 heavy (non-hydrogen) atoms. The third-order valence-electron chi connectivity index (χ3n) is 1.53. The normalized spacial score (nSPS) is 7.94. The van der Waals surface area contributed by atoms with Crippen molar-refractivity contribution in [3.05, 3.63) is 18.0 Å². The van der Waals surface area contributed by atoms with Crippen molar-refractivity contribution in [1.82, 2.24) is 5.16 Å². The van der Waals surface area contributed by atoms with Gasteiger partial charge in [-0.15, -0.1) is 0 Å². The number of unbranched alkanes of at least 4 members (excludes halogenated alkanes) is 2. The monoisotopic (exact) mass is 259 g/mol. The van der Waals surface area contributed by atoms with Gasteiger partial charge in [0.15, 0.2) is 0 Å². The first kappa shape index (κ1) is 22.4. The molecule has 110 valence electrons. The highest BCUT2D eigenvalue weighted by molar-refractivity contribution is 4.94. The van der Waals surface area contributed by atoms with Crippen LogP contribution in [0.2, 0.25) is 0 Å². The molecule has 3 heteroatoms. The Balaban J connectivity index is -0.000000237. The third kappa shape index (κ3) is 24.4. The minimum absolute atomic E-state index is 1.06. The van der Waals surface area contributed by atoms with E-state index in [0.29, 0.717) is 0 Å². The molecule has 0 aliphatic carbocycles. The van der Waals surface area contributed by atoms with E-state index < -0.39 is 0 Å². The number of ether oxygens (including phenoxy) is 1. The van der Waals surface area contributed by atoms with E-state index >= 15 is 0 Å². The summed E-state index contributed by atoms with van der Waals surface area (Å²) in [5.74, 6) is 0. The molecule has 0 aliphatic heterocycles. The first-order chi connectivity index (χ1) is 8.76. The van der Waals surface area contributed by atoms with Crippen molar-refractivity contribution in [2.24, 2.45) is 0 Å². The zero-order valence-electron chi connectivity index (χ0n) is 13.5. The molecule has 1 heterocycles. The first-order valence-corrected chi connectivity index (χ1v) is 7.06. The van der Waals surface area contributed by atoms with E-state index in [4.69, 9.17) is 4.52 Å². The van der Waals surface area contributed by atoms with Crippen LogP contribution in [-0.4, -0.2) is 19.4 Å². The van der Waals surface area contributed by atoms with Crippen molar-refractivity contribution in [3.63, 3.8) is 0 Å². The summed E-state index contributed by atoms with van der Waals surface area (Å²) in [5, 5.41) is 3.81. The molecule has 0 saturated heterocycles. The molecule has 0 radical (unpaired) electrons. The molecule has 0 aliphatic rings. The summed E-state index contributed by atoms with van der Waals surface area (Å²) in [4.78, 5) is 0. The van der Waals surface area contributed by atoms with Crippen molar-refractivity contribution < 1.29 is 9.26 Å². The van der Waals surface area contributed by atoms with Gasteiger partial charge in [-0.1, -0.05) is 59.0 Å². The summed E-state index contributed by atoms with van der Waals surface area (Å²) in [6, 6.07) is 1.93. The van der Waals surface area contributed by atoms with E-state index in [0.717, 1.165) is 12.1 Å². The molecule has 3 nitrogen and oxygen atoms in total. The lowest BCUT2D eigenvalue weighted by molar-refractivity contribution is 0.277. The first-order valence-electron chi connectivity index (χ1n) is 7.06. The number of rotatable bonds is 4. The van der Waals surface area contributed by atoms with E-state index in [1.807, 2.05) is 19.9 Å². The van der Waals surface area contributed by atoms with Crippen molar-refractivity contribution in [1.29, 1.82) is 0 Å². The number of nitrogens with zero attached hydrogens (tertiary/aromatic N) is 1. The Morgan fingerprint density at radius 3 is 1.94 bits per heavy atom. The van der Waals surface area contributed by atoms with Crippen LogP contribution in [0.5, 0.6) is 0 Å². The zero-order chi connectivity index (χ0) is 14.6. The zero-order valence-corrected chi connectivity index (χ0v) is 13.5. The molecule has 0 unspecified atom stereocenters. The Kier molecular flexibility index (Phi) is 31.2. The number of aryl methyl sites for hydroxylation is 1. The maximum Gasteiger partial charge on any atom is 0.124 e. The Hall–Kier alpha value is -0.830. The summed E-state index contributed by atoms with van der Waals surface area (Å²) in [6.07, 6.45) is 7.71. The van der Waals surface area contributed by atoms with Crippen LogP contribution in [0.3, 0.4) is 0 Å². The quantitative estimate of drug-likeness (QED) is 0.705. The summed E-state index contributed by atoms with van der Waals surface area (Å²) in [7, 11) is 3.25. The fourth-order valence-electron chi connectivity index (χ4n) is 0.923. The van der Waals surface area contributed by atoms with Gasteiger partial charge < -0.3 is 9.26 Å². The lowest BCUT2D eigenvalue weighted by atomic mass is 10.2. The third-order valence-corrected chi connectivity index (χ3v) is 1.53. The largest absolute Gasteiger partial charge is 0.388 e. The minimum atomic E-state index is 1.06. The highest BCUT2D eigenvalue weighted by Gasteiger charge is 1.93. The smallest absolute Gasteiger partial charge is 0.124 e. The standard InChI is InChI=1S/C8H13NO.C3H8.C2H6O.C2H6/c1-2-3-4-5-8-6-7-10-9-8;2*1-3-2;1-2/h6-7H,2-5H2,1H3;3H2,1-2H3;1-2H3;1-2H3. The van der Waals surface area contributed by atoms with Crippen LogP contribution in [0, 0.1) is 0 Å². The van der Waals surface area contributed by atoms with E-state index in [-0.39, 0.29) is 0 Å². The highest BCUT2D eigenvalue weighted by Crippen LogP contribution is 2.02. The van der Waals surface area contributed by atoms with Crippen LogP contribution in [-0.2, 0) is 11.2 Å². The summed E-state index contributed by atoms with van der Waals surface area (Å²) in [6.45, 7) is 10.4. The predicted molar refractivity (Wildman–Crippen MR) is 80.0 cm³/mol. The lowest BCUT2D eigenvalue weighted by Gasteiger charge is -1.91. The molecule has 1 rings (SSSR count). The molecular formula is C15H33NO2. The number of hydrogen-bond acceptors (Lipinski definition) is 3. The number of methoxy groups -OCH3 is 1. The molecule has 0 spiro atoms. The SMILES string of the molecule is CC.CCC.CCCCCc1ccon1.COC. The average molecular weight is 259 g/mol. The van der Waals surface area contributed by atoms with Gasteiger partial charge in [0.2, 0.25) is 0 Å². The molecule has 0 fully saturated rings. The maximum absolute atomic E-state index is 4.70.